The Bertz CT molecular complexity index is 1360. The van der Waals surface area contributed by atoms with Gasteiger partial charge in [-0.05, 0) is 40.3 Å². The van der Waals surface area contributed by atoms with E-state index in [1.54, 1.807) is 12.4 Å². The van der Waals surface area contributed by atoms with Crippen LogP contribution in [0.2, 0.25) is 0 Å². The number of aromatic nitrogens is 5. The summed E-state index contributed by atoms with van der Waals surface area (Å²) in [5.74, 6) is 1.49. The van der Waals surface area contributed by atoms with Gasteiger partial charge in [0.15, 0.2) is 11.6 Å². The Hall–Kier alpha value is -4.38. The summed E-state index contributed by atoms with van der Waals surface area (Å²) in [6.07, 6.45) is 8.72. The van der Waals surface area contributed by atoms with E-state index in [2.05, 4.69) is 60.8 Å². The zero-order valence-corrected chi connectivity index (χ0v) is 18.4. The van der Waals surface area contributed by atoms with Gasteiger partial charge in [0.2, 0.25) is 0 Å². The number of pyridine rings is 1. The van der Waals surface area contributed by atoms with Crippen LogP contribution in [0.25, 0.3) is 0 Å². The Labute approximate surface area is 195 Å². The van der Waals surface area contributed by atoms with Crippen molar-refractivity contribution in [3.8, 4) is 0 Å². The Morgan fingerprint density at radius 3 is 2.97 bits per heavy atom. The molecule has 4 aromatic rings. The Kier molecular flexibility index (Phi) is 4.88. The van der Waals surface area contributed by atoms with Gasteiger partial charge in [0.1, 0.15) is 5.82 Å². The van der Waals surface area contributed by atoms with Gasteiger partial charge in [0.05, 0.1) is 18.4 Å². The van der Waals surface area contributed by atoms with Crippen LogP contribution in [-0.2, 0) is 25.9 Å². The van der Waals surface area contributed by atoms with Gasteiger partial charge in [-0.1, -0.05) is 18.2 Å². The van der Waals surface area contributed by atoms with E-state index in [1.807, 2.05) is 21.8 Å². The summed E-state index contributed by atoms with van der Waals surface area (Å²) in [7, 11) is 0. The quantitative estimate of drug-likeness (QED) is 0.305. The first-order valence-electron chi connectivity index (χ1n) is 11.1. The molecule has 11 nitrogen and oxygen atoms in total. The lowest BCUT2D eigenvalue weighted by Crippen LogP contribution is -2.36. The highest BCUT2D eigenvalue weighted by Crippen LogP contribution is 2.30. The maximum atomic E-state index is 12.6. The smallest absolute Gasteiger partial charge is 0.289 e. The largest absolute Gasteiger partial charge is 0.384 e. The average Bonchev–Trinajstić information content (AvgIpc) is 3.60. The molecule has 3 aromatic heterocycles. The van der Waals surface area contributed by atoms with Gasteiger partial charge in [0.25, 0.3) is 5.91 Å². The van der Waals surface area contributed by atoms with E-state index in [9.17, 15) is 4.79 Å². The number of nitrogens with zero attached hydrogens (tertiary/aromatic N) is 5. The standard InChI is InChI=1S/C23H24N10O/c24-19-9-18(20-21(28-19)30-31-29-20)8-15-10-27-33(12-15)11-14-1-2-17-13-32(6-3-16(17)7-14)23(34)22-25-4-5-26-22/h1-2,4-5,7,9-10,12,29,31H,3,6,8,11,13H2,(H,25,26)(H3,24,28,30). The lowest BCUT2D eigenvalue weighted by Gasteiger charge is -2.28. The van der Waals surface area contributed by atoms with Crippen LogP contribution in [-0.4, -0.2) is 42.1 Å². The molecule has 0 bridgehead atoms. The number of hydrogen-bond acceptors (Lipinski definition) is 8. The van der Waals surface area contributed by atoms with Crippen molar-refractivity contribution in [1.82, 2.24) is 35.2 Å². The van der Waals surface area contributed by atoms with Gasteiger partial charge in [0, 0.05) is 38.1 Å². The van der Waals surface area contributed by atoms with Crippen molar-refractivity contribution in [2.45, 2.75) is 25.9 Å². The molecule has 5 heterocycles. The molecule has 2 aliphatic heterocycles. The van der Waals surface area contributed by atoms with Crippen LogP contribution in [0, 0.1) is 0 Å². The summed E-state index contributed by atoms with van der Waals surface area (Å²) in [6, 6.07) is 8.33. The van der Waals surface area contributed by atoms with E-state index in [-0.39, 0.29) is 5.91 Å². The average molecular weight is 457 g/mol. The number of carbonyl (C=O) groups excluding carboxylic acids is 1. The highest BCUT2D eigenvalue weighted by atomic mass is 16.2. The summed E-state index contributed by atoms with van der Waals surface area (Å²) in [4.78, 5) is 25.7. The number of aromatic amines is 1. The fourth-order valence-corrected chi connectivity index (χ4v) is 4.54. The molecule has 0 unspecified atom stereocenters. The molecule has 1 aromatic carbocycles. The van der Waals surface area contributed by atoms with Crippen molar-refractivity contribution >= 4 is 23.2 Å². The third kappa shape index (κ3) is 3.82. The fraction of sp³-hybridized carbons (Fsp3) is 0.217. The van der Waals surface area contributed by atoms with Crippen LogP contribution in [0.5, 0.6) is 0 Å². The van der Waals surface area contributed by atoms with Crippen molar-refractivity contribution in [3.05, 3.63) is 82.7 Å². The minimum absolute atomic E-state index is 0.0628. The topological polar surface area (TPSA) is 142 Å². The minimum Gasteiger partial charge on any atom is -0.384 e. The first kappa shape index (κ1) is 20.2. The van der Waals surface area contributed by atoms with Crippen molar-refractivity contribution in [2.24, 2.45) is 0 Å². The predicted molar refractivity (Wildman–Crippen MR) is 127 cm³/mol. The molecule has 2 aliphatic rings. The molecule has 1 amide bonds. The molecule has 0 saturated carbocycles. The first-order valence-corrected chi connectivity index (χ1v) is 11.1. The van der Waals surface area contributed by atoms with Crippen molar-refractivity contribution in [2.75, 3.05) is 23.1 Å². The third-order valence-corrected chi connectivity index (χ3v) is 6.19. The molecule has 0 fully saturated rings. The number of carbonyl (C=O) groups is 1. The SMILES string of the molecule is Nc1cc(Cc2cnn(Cc3ccc4c(c3)CCN(C(=O)c3ncc[nH]3)C4)c2)c2c(n1)NNN2. The van der Waals surface area contributed by atoms with Gasteiger partial charge in [-0.2, -0.15) is 5.10 Å². The van der Waals surface area contributed by atoms with Gasteiger partial charge < -0.3 is 21.0 Å². The number of H-pyrrole nitrogens is 1. The highest BCUT2D eigenvalue weighted by Gasteiger charge is 2.23. The summed E-state index contributed by atoms with van der Waals surface area (Å²) in [6.45, 7) is 1.96. The molecule has 0 spiro atoms. The monoisotopic (exact) mass is 456 g/mol. The molecule has 0 atom stereocenters. The Balaban J connectivity index is 1.14. The number of nitrogen functional groups attached to an aromatic ring is 1. The second-order valence-electron chi connectivity index (χ2n) is 8.55. The van der Waals surface area contributed by atoms with Gasteiger partial charge in [-0.15, -0.1) is 5.53 Å². The lowest BCUT2D eigenvalue weighted by atomic mass is 9.97. The highest BCUT2D eigenvalue weighted by molar-refractivity contribution is 5.90. The van der Waals surface area contributed by atoms with Crippen LogP contribution in [0.15, 0.2) is 49.1 Å². The molecule has 0 radical (unpaired) electrons. The van der Waals surface area contributed by atoms with Crippen molar-refractivity contribution < 1.29 is 4.79 Å². The molecule has 11 heteroatoms. The van der Waals surface area contributed by atoms with Gasteiger partial charge in [-0.3, -0.25) is 14.9 Å². The second kappa shape index (κ2) is 8.19. The van der Waals surface area contributed by atoms with Gasteiger partial charge in [-0.25, -0.2) is 9.97 Å². The number of hydrazine groups is 2. The number of rotatable bonds is 5. The van der Waals surface area contributed by atoms with Crippen molar-refractivity contribution in [1.29, 1.82) is 0 Å². The molecule has 6 rings (SSSR count). The number of benzene rings is 1. The summed E-state index contributed by atoms with van der Waals surface area (Å²) < 4.78 is 1.95. The fourth-order valence-electron chi connectivity index (χ4n) is 4.54. The van der Waals surface area contributed by atoms with Crippen LogP contribution >= 0.6 is 0 Å². The van der Waals surface area contributed by atoms with E-state index < -0.39 is 0 Å². The zero-order chi connectivity index (χ0) is 23.1. The minimum atomic E-state index is -0.0628. The number of amides is 1. The molecular weight excluding hydrogens is 432 g/mol. The van der Waals surface area contributed by atoms with Crippen LogP contribution in [0.1, 0.15) is 38.4 Å². The molecule has 0 aliphatic carbocycles. The summed E-state index contributed by atoms with van der Waals surface area (Å²) in [5.41, 5.74) is 21.5. The molecule has 34 heavy (non-hydrogen) atoms. The lowest BCUT2D eigenvalue weighted by molar-refractivity contribution is 0.0723. The Morgan fingerprint density at radius 2 is 2.09 bits per heavy atom. The summed E-state index contributed by atoms with van der Waals surface area (Å²) >= 11 is 0. The number of nitrogens with two attached hydrogens (primary N) is 1. The molecule has 0 saturated heterocycles. The predicted octanol–water partition coefficient (Wildman–Crippen LogP) is 1.68. The zero-order valence-electron chi connectivity index (χ0n) is 18.4. The molecule has 172 valence electrons. The molecular formula is C23H24N10O. The van der Waals surface area contributed by atoms with Crippen LogP contribution in [0.4, 0.5) is 17.3 Å². The van der Waals surface area contributed by atoms with E-state index in [0.29, 0.717) is 43.5 Å². The number of fused-ring (bicyclic) bond motifs is 2. The van der Waals surface area contributed by atoms with E-state index >= 15 is 0 Å². The second-order valence-corrected chi connectivity index (χ2v) is 8.55. The van der Waals surface area contributed by atoms with E-state index in [0.717, 1.165) is 23.2 Å². The normalized spacial score (nSPS) is 14.3. The maximum absolute atomic E-state index is 12.6. The van der Waals surface area contributed by atoms with Crippen LogP contribution in [0.3, 0.4) is 0 Å². The number of nitrogens with one attached hydrogen (secondary N) is 4. The number of hydrogen-bond donors (Lipinski definition) is 5. The molecule has 6 N–H and O–H groups in total. The van der Waals surface area contributed by atoms with E-state index in [4.69, 9.17) is 5.73 Å². The van der Waals surface area contributed by atoms with Crippen LogP contribution < -0.4 is 22.1 Å². The number of imidazole rings is 1. The third-order valence-electron chi connectivity index (χ3n) is 6.19. The van der Waals surface area contributed by atoms with E-state index in [1.165, 1.54) is 16.7 Å². The maximum Gasteiger partial charge on any atom is 0.289 e. The first-order chi connectivity index (χ1) is 16.6. The Morgan fingerprint density at radius 1 is 1.15 bits per heavy atom. The number of anilines is 3. The van der Waals surface area contributed by atoms with Crippen molar-refractivity contribution in [3.63, 3.8) is 0 Å². The summed E-state index contributed by atoms with van der Waals surface area (Å²) in [5, 5.41) is 4.55. The van der Waals surface area contributed by atoms with Gasteiger partial charge >= 0.3 is 0 Å².